The molecule has 4 heterocycles. The van der Waals surface area contributed by atoms with Gasteiger partial charge in [0.05, 0.1) is 18.5 Å². The number of aromatic nitrogens is 5. The molecule has 1 saturated heterocycles. The number of methoxy groups -OCH3 is 1. The van der Waals surface area contributed by atoms with Crippen molar-refractivity contribution in [1.29, 1.82) is 0 Å². The van der Waals surface area contributed by atoms with Crippen LogP contribution in [-0.2, 0) is 4.79 Å². The molecule has 1 aromatic carbocycles. The summed E-state index contributed by atoms with van der Waals surface area (Å²) in [4.78, 5) is 19.2. The van der Waals surface area contributed by atoms with Gasteiger partial charge in [-0.15, -0.1) is 0 Å². The molecule has 0 saturated carbocycles. The van der Waals surface area contributed by atoms with Gasteiger partial charge in [0.25, 0.3) is 0 Å². The van der Waals surface area contributed by atoms with Crippen LogP contribution in [0.3, 0.4) is 0 Å². The van der Waals surface area contributed by atoms with Gasteiger partial charge in [-0.05, 0) is 36.6 Å². The number of nitrogens with one attached hydrogen (secondary N) is 2. The molecule has 1 fully saturated rings. The molecular weight excluding hydrogens is 454 g/mol. The molecule has 4 aromatic rings. The van der Waals surface area contributed by atoms with Crippen LogP contribution in [-0.4, -0.2) is 68.9 Å². The number of amides is 1. The molecule has 0 spiro atoms. The fraction of sp³-hybridized carbons (Fsp3) is 0.407. The smallest absolute Gasteiger partial charge is 0.240 e. The van der Waals surface area contributed by atoms with Crippen molar-refractivity contribution in [1.82, 2.24) is 35.0 Å². The minimum atomic E-state index is -0.500. The van der Waals surface area contributed by atoms with Crippen LogP contribution in [0.4, 0.5) is 0 Å². The van der Waals surface area contributed by atoms with Gasteiger partial charge in [0.1, 0.15) is 11.9 Å². The summed E-state index contributed by atoms with van der Waals surface area (Å²) in [5.74, 6) is 1.01. The van der Waals surface area contributed by atoms with E-state index in [1.807, 2.05) is 19.3 Å². The highest BCUT2D eigenvalue weighted by molar-refractivity contribution is 5.88. The predicted molar refractivity (Wildman–Crippen MR) is 139 cm³/mol. The summed E-state index contributed by atoms with van der Waals surface area (Å²) >= 11 is 0. The molecule has 1 unspecified atom stereocenters. The van der Waals surface area contributed by atoms with Gasteiger partial charge in [-0.25, -0.2) is 9.50 Å². The van der Waals surface area contributed by atoms with E-state index in [1.165, 1.54) is 6.33 Å². The first-order valence-electron chi connectivity index (χ1n) is 12.3. The summed E-state index contributed by atoms with van der Waals surface area (Å²) in [5.41, 5.74) is 6.24. The summed E-state index contributed by atoms with van der Waals surface area (Å²) in [6, 6.07) is 10.4. The van der Waals surface area contributed by atoms with Gasteiger partial charge in [0.15, 0.2) is 11.4 Å². The van der Waals surface area contributed by atoms with E-state index in [2.05, 4.69) is 70.4 Å². The molecule has 3 aromatic heterocycles. The topological polar surface area (TPSA) is 100 Å². The van der Waals surface area contributed by atoms with Gasteiger partial charge in [0.2, 0.25) is 5.91 Å². The quantitative estimate of drug-likeness (QED) is 0.411. The van der Waals surface area contributed by atoms with Gasteiger partial charge in [-0.1, -0.05) is 45.0 Å². The Hall–Kier alpha value is -3.72. The fourth-order valence-corrected chi connectivity index (χ4v) is 5.57. The number of hydrogen-bond acceptors (Lipinski definition) is 6. The van der Waals surface area contributed by atoms with Crippen molar-refractivity contribution < 1.29 is 9.53 Å². The fourth-order valence-electron chi connectivity index (χ4n) is 5.57. The van der Waals surface area contributed by atoms with Crippen molar-refractivity contribution in [3.63, 3.8) is 0 Å². The number of nitrogens with zero attached hydrogens (tertiary/aromatic N) is 5. The Kier molecular flexibility index (Phi) is 6.04. The van der Waals surface area contributed by atoms with Crippen molar-refractivity contribution >= 4 is 11.6 Å². The predicted octanol–water partition coefficient (Wildman–Crippen LogP) is 3.84. The number of carbonyl (C=O) groups is 1. The summed E-state index contributed by atoms with van der Waals surface area (Å²) in [5, 5.41) is 15.1. The molecule has 5 rings (SSSR count). The van der Waals surface area contributed by atoms with Crippen LogP contribution in [0.25, 0.3) is 28.2 Å². The lowest BCUT2D eigenvalue weighted by molar-refractivity contribution is -0.142. The number of H-pyrrole nitrogens is 1. The number of likely N-dealkylation sites (N-methyl/N-ethyl adjacent to an activating group) is 2. The Labute approximate surface area is 210 Å². The number of hydrogen-bond donors (Lipinski definition) is 2. The van der Waals surface area contributed by atoms with Crippen molar-refractivity contribution in [3.8, 4) is 28.3 Å². The number of aromatic amines is 1. The first kappa shape index (κ1) is 24.0. The van der Waals surface area contributed by atoms with Crippen molar-refractivity contribution in [2.24, 2.45) is 0 Å². The number of rotatable bonds is 7. The van der Waals surface area contributed by atoms with E-state index >= 15 is 0 Å². The van der Waals surface area contributed by atoms with Gasteiger partial charge in [0, 0.05) is 36.8 Å². The molecule has 2 N–H and O–H groups in total. The molecule has 188 valence electrons. The summed E-state index contributed by atoms with van der Waals surface area (Å²) in [6.45, 7) is 7.40. The van der Waals surface area contributed by atoms with E-state index < -0.39 is 5.54 Å². The van der Waals surface area contributed by atoms with E-state index in [0.29, 0.717) is 11.4 Å². The van der Waals surface area contributed by atoms with E-state index in [9.17, 15) is 4.79 Å². The lowest BCUT2D eigenvalue weighted by atomic mass is 9.71. The first-order chi connectivity index (χ1) is 17.3. The van der Waals surface area contributed by atoms with Crippen molar-refractivity contribution in [2.45, 2.75) is 44.6 Å². The number of ether oxygens (including phenoxy) is 1. The van der Waals surface area contributed by atoms with E-state index in [4.69, 9.17) is 9.84 Å². The SMILES string of the molecule is CNC(=O)C1([C@@H](C)c2ccc(-c3[nH]nc(-c4cc(OC)c5ncnn5c4)c3C(C)C)cc2)CCN1C. The largest absolute Gasteiger partial charge is 0.493 e. The Bertz CT molecular complexity index is 1410. The standard InChI is InChI=1S/C27H33N7O2/c1-16(2)22-23(31-32-24(22)20-13-21(36-6)25-29-15-30-34(25)14-20)19-9-7-18(8-10-19)17(3)27(26(35)28-4)11-12-33(27)5/h7-10,13-17H,11-12H2,1-6H3,(H,28,35)(H,31,32)/t17-,27?/m0/s1. The van der Waals surface area contributed by atoms with Gasteiger partial charge < -0.3 is 10.1 Å². The average molecular weight is 488 g/mol. The molecular formula is C27H33N7O2. The number of fused-ring (bicyclic) bond motifs is 1. The molecule has 1 aliphatic rings. The molecule has 2 atom stereocenters. The maximum atomic E-state index is 12.8. The van der Waals surface area contributed by atoms with Gasteiger partial charge in [-0.3, -0.25) is 14.8 Å². The second-order valence-electron chi connectivity index (χ2n) is 9.86. The van der Waals surface area contributed by atoms with Crippen LogP contribution < -0.4 is 10.1 Å². The molecule has 0 bridgehead atoms. The highest BCUT2D eigenvalue weighted by atomic mass is 16.5. The van der Waals surface area contributed by atoms with Crippen LogP contribution in [0.2, 0.25) is 0 Å². The zero-order chi connectivity index (χ0) is 25.6. The number of benzene rings is 1. The van der Waals surface area contributed by atoms with Crippen molar-refractivity contribution in [2.75, 3.05) is 27.7 Å². The Balaban J connectivity index is 1.52. The minimum absolute atomic E-state index is 0.0639. The number of pyridine rings is 1. The Morgan fingerprint density at radius 2 is 1.94 bits per heavy atom. The van der Waals surface area contributed by atoms with Crippen LogP contribution in [0, 0.1) is 0 Å². The van der Waals surface area contributed by atoms with E-state index in [1.54, 1.807) is 18.7 Å². The second-order valence-corrected chi connectivity index (χ2v) is 9.86. The number of likely N-dealkylation sites (tertiary alicyclic amines) is 1. The minimum Gasteiger partial charge on any atom is -0.493 e. The highest BCUT2D eigenvalue weighted by Gasteiger charge is 2.52. The molecule has 36 heavy (non-hydrogen) atoms. The van der Waals surface area contributed by atoms with Crippen LogP contribution in [0.15, 0.2) is 42.9 Å². The first-order valence-corrected chi connectivity index (χ1v) is 12.3. The van der Waals surface area contributed by atoms with Gasteiger partial charge in [-0.2, -0.15) is 10.2 Å². The maximum Gasteiger partial charge on any atom is 0.240 e. The van der Waals surface area contributed by atoms with E-state index in [-0.39, 0.29) is 17.7 Å². The maximum absolute atomic E-state index is 12.8. The molecule has 0 radical (unpaired) electrons. The monoisotopic (exact) mass is 487 g/mol. The second kappa shape index (κ2) is 9.05. The van der Waals surface area contributed by atoms with Crippen LogP contribution >= 0.6 is 0 Å². The third-order valence-corrected chi connectivity index (χ3v) is 7.76. The molecule has 9 heteroatoms. The third-order valence-electron chi connectivity index (χ3n) is 7.76. The Morgan fingerprint density at radius 1 is 1.19 bits per heavy atom. The molecule has 1 aliphatic heterocycles. The number of carbonyl (C=O) groups excluding carboxylic acids is 1. The summed E-state index contributed by atoms with van der Waals surface area (Å²) < 4.78 is 7.27. The van der Waals surface area contributed by atoms with E-state index in [0.717, 1.165) is 46.6 Å². The molecule has 0 aliphatic carbocycles. The summed E-state index contributed by atoms with van der Waals surface area (Å²) in [7, 11) is 5.37. The lowest BCUT2D eigenvalue weighted by Crippen LogP contribution is -2.68. The summed E-state index contributed by atoms with van der Waals surface area (Å²) in [6.07, 6.45) is 4.29. The Morgan fingerprint density at radius 3 is 2.53 bits per heavy atom. The van der Waals surface area contributed by atoms with Crippen LogP contribution in [0.1, 0.15) is 50.2 Å². The average Bonchev–Trinajstić information content (AvgIpc) is 3.54. The van der Waals surface area contributed by atoms with Gasteiger partial charge >= 0.3 is 0 Å². The van der Waals surface area contributed by atoms with Crippen LogP contribution in [0.5, 0.6) is 5.75 Å². The molecule has 9 nitrogen and oxygen atoms in total. The lowest BCUT2D eigenvalue weighted by Gasteiger charge is -2.53. The zero-order valence-electron chi connectivity index (χ0n) is 21.7. The highest BCUT2D eigenvalue weighted by Crippen LogP contribution is 2.43. The molecule has 1 amide bonds. The van der Waals surface area contributed by atoms with Crippen molar-refractivity contribution in [3.05, 3.63) is 54.0 Å². The third kappa shape index (κ3) is 3.57. The zero-order valence-corrected chi connectivity index (χ0v) is 21.7. The normalized spacial score (nSPS) is 18.9.